The highest BCUT2D eigenvalue weighted by Gasteiger charge is 2.47. The summed E-state index contributed by atoms with van der Waals surface area (Å²) in [4.78, 5) is 2.42. The van der Waals surface area contributed by atoms with Crippen molar-refractivity contribution in [2.24, 2.45) is 0 Å². The Kier molecular flexibility index (Phi) is 4.42. The van der Waals surface area contributed by atoms with E-state index in [4.69, 9.17) is 9.26 Å². The van der Waals surface area contributed by atoms with Gasteiger partial charge < -0.3 is 9.26 Å². The van der Waals surface area contributed by atoms with Crippen molar-refractivity contribution in [3.63, 3.8) is 0 Å². The smallest absolute Gasteiger partial charge is 0.214 e. The molecule has 2 saturated heterocycles. The van der Waals surface area contributed by atoms with Gasteiger partial charge in [-0.2, -0.15) is 0 Å². The Morgan fingerprint density at radius 1 is 1.28 bits per heavy atom. The van der Waals surface area contributed by atoms with Gasteiger partial charge >= 0.3 is 0 Å². The Morgan fingerprint density at radius 3 is 2.52 bits per heavy atom. The molecule has 0 bridgehead atoms. The van der Waals surface area contributed by atoms with Crippen LogP contribution in [0.3, 0.4) is 0 Å². The zero-order valence-corrected chi connectivity index (χ0v) is 15.8. The van der Waals surface area contributed by atoms with Crippen molar-refractivity contribution < 1.29 is 17.7 Å². The lowest BCUT2D eigenvalue weighted by molar-refractivity contribution is -0.222. The molecule has 7 nitrogen and oxygen atoms in total. The van der Waals surface area contributed by atoms with E-state index >= 15 is 0 Å². The lowest BCUT2D eigenvalue weighted by Crippen LogP contribution is -2.59. The standard InChI is InChI=1S/C17H27N3O4S/c1-12-16(13(2)24-19-12)11-20-7-5-17(6-8-20)9-14(23-17)10-18-25(21,22)15-3-4-15/h14-15,18H,3-11H2,1-2H3. The minimum atomic E-state index is -3.10. The Bertz CT molecular complexity index is 706. The van der Waals surface area contributed by atoms with E-state index in [0.29, 0.717) is 6.54 Å². The third-order valence-electron chi connectivity index (χ3n) is 5.82. The van der Waals surface area contributed by atoms with Crippen molar-refractivity contribution in [3.05, 3.63) is 17.0 Å². The molecule has 8 heteroatoms. The van der Waals surface area contributed by atoms with Crippen LogP contribution >= 0.6 is 0 Å². The summed E-state index contributed by atoms with van der Waals surface area (Å²) in [7, 11) is -3.10. The first-order chi connectivity index (χ1) is 11.9. The first-order valence-corrected chi connectivity index (χ1v) is 10.7. The van der Waals surface area contributed by atoms with E-state index in [-0.39, 0.29) is 17.0 Å². The fraction of sp³-hybridized carbons (Fsp3) is 0.824. The van der Waals surface area contributed by atoms with Gasteiger partial charge in [0.15, 0.2) is 0 Å². The van der Waals surface area contributed by atoms with Crippen LogP contribution in [-0.2, 0) is 21.3 Å². The van der Waals surface area contributed by atoms with E-state index in [1.54, 1.807) is 0 Å². The van der Waals surface area contributed by atoms with Gasteiger partial charge in [-0.3, -0.25) is 4.90 Å². The number of rotatable bonds is 6. The Hall–Kier alpha value is -0.960. The first kappa shape index (κ1) is 17.5. The number of hydrogen-bond acceptors (Lipinski definition) is 6. The maximum atomic E-state index is 11.9. The predicted molar refractivity (Wildman–Crippen MR) is 92.7 cm³/mol. The summed E-state index contributed by atoms with van der Waals surface area (Å²) in [6.07, 6.45) is 4.59. The van der Waals surface area contributed by atoms with Crippen LogP contribution in [0.5, 0.6) is 0 Å². The molecule has 1 saturated carbocycles. The molecule has 1 aromatic rings. The minimum absolute atomic E-state index is 0.0302. The Balaban J connectivity index is 1.22. The van der Waals surface area contributed by atoms with Crippen molar-refractivity contribution in [2.45, 2.75) is 69.5 Å². The first-order valence-electron chi connectivity index (χ1n) is 9.17. The number of sulfonamides is 1. The zero-order valence-electron chi connectivity index (χ0n) is 15.0. The molecule has 0 radical (unpaired) electrons. The normalized spacial score (nSPS) is 26.7. The van der Waals surface area contributed by atoms with Crippen LogP contribution in [0.2, 0.25) is 0 Å². The second-order valence-corrected chi connectivity index (χ2v) is 9.84. The van der Waals surface area contributed by atoms with Gasteiger partial charge in [-0.05, 0) is 39.5 Å². The van der Waals surface area contributed by atoms with Crippen LogP contribution in [-0.4, -0.2) is 55.1 Å². The van der Waals surface area contributed by atoms with Gasteiger partial charge in [-0.1, -0.05) is 5.16 Å². The Morgan fingerprint density at radius 2 is 1.96 bits per heavy atom. The summed E-state index contributed by atoms with van der Waals surface area (Å²) in [5.74, 6) is 0.903. The van der Waals surface area contributed by atoms with E-state index in [1.165, 1.54) is 5.56 Å². The Labute approximate surface area is 149 Å². The monoisotopic (exact) mass is 369 g/mol. The summed E-state index contributed by atoms with van der Waals surface area (Å²) >= 11 is 0. The fourth-order valence-electron chi connectivity index (χ4n) is 3.97. The number of likely N-dealkylation sites (tertiary alicyclic amines) is 1. The highest BCUT2D eigenvalue weighted by atomic mass is 32.2. The third kappa shape index (κ3) is 3.63. The summed E-state index contributed by atoms with van der Waals surface area (Å²) in [5.41, 5.74) is 2.13. The molecule has 0 amide bonds. The number of nitrogens with zero attached hydrogens (tertiary/aromatic N) is 2. The van der Waals surface area contributed by atoms with Gasteiger partial charge in [0.05, 0.1) is 22.6 Å². The number of nitrogens with one attached hydrogen (secondary N) is 1. The highest BCUT2D eigenvalue weighted by molar-refractivity contribution is 7.90. The quantitative estimate of drug-likeness (QED) is 0.818. The summed E-state index contributed by atoms with van der Waals surface area (Å²) in [6.45, 7) is 7.23. The molecular weight excluding hydrogens is 342 g/mol. The molecule has 3 fully saturated rings. The molecule has 1 unspecified atom stereocenters. The van der Waals surface area contributed by atoms with Gasteiger partial charge in [-0.15, -0.1) is 0 Å². The predicted octanol–water partition coefficient (Wildman–Crippen LogP) is 1.50. The summed E-state index contributed by atoms with van der Waals surface area (Å²) < 4.78 is 37.8. The third-order valence-corrected chi connectivity index (χ3v) is 7.74. The number of hydrogen-bond donors (Lipinski definition) is 1. The van der Waals surface area contributed by atoms with Crippen molar-refractivity contribution in [2.75, 3.05) is 19.6 Å². The van der Waals surface area contributed by atoms with Crippen molar-refractivity contribution in [1.29, 1.82) is 0 Å². The van der Waals surface area contributed by atoms with E-state index in [2.05, 4.69) is 14.8 Å². The topological polar surface area (TPSA) is 84.7 Å². The number of ether oxygens (including phenoxy) is 1. The largest absolute Gasteiger partial charge is 0.370 e. The minimum Gasteiger partial charge on any atom is -0.370 e. The van der Waals surface area contributed by atoms with Gasteiger partial charge in [0.1, 0.15) is 5.76 Å². The van der Waals surface area contributed by atoms with Crippen LogP contribution < -0.4 is 4.72 Å². The number of aryl methyl sites for hydroxylation is 2. The molecule has 25 heavy (non-hydrogen) atoms. The second-order valence-electron chi connectivity index (χ2n) is 7.80. The average Bonchev–Trinajstić information content (AvgIpc) is 3.36. The molecule has 3 aliphatic rings. The molecule has 4 rings (SSSR count). The molecule has 3 heterocycles. The summed E-state index contributed by atoms with van der Waals surface area (Å²) in [5, 5.41) is 3.86. The van der Waals surface area contributed by atoms with Gasteiger partial charge in [0.25, 0.3) is 0 Å². The van der Waals surface area contributed by atoms with Crippen molar-refractivity contribution in [1.82, 2.24) is 14.8 Å². The van der Waals surface area contributed by atoms with Crippen LogP contribution in [0.25, 0.3) is 0 Å². The lowest BCUT2D eigenvalue weighted by Gasteiger charge is -2.52. The molecule has 0 aromatic carbocycles. The van der Waals surface area contributed by atoms with Crippen molar-refractivity contribution >= 4 is 10.0 Å². The summed E-state index contributed by atoms with van der Waals surface area (Å²) in [6, 6.07) is 0. The number of aromatic nitrogens is 1. The van der Waals surface area contributed by atoms with Gasteiger partial charge in [0.2, 0.25) is 10.0 Å². The van der Waals surface area contributed by atoms with Gasteiger partial charge in [0, 0.05) is 38.2 Å². The second kappa shape index (κ2) is 6.33. The van der Waals surface area contributed by atoms with Crippen LogP contribution in [0, 0.1) is 13.8 Å². The van der Waals surface area contributed by atoms with Gasteiger partial charge in [-0.25, -0.2) is 13.1 Å². The van der Waals surface area contributed by atoms with E-state index < -0.39 is 10.0 Å². The van der Waals surface area contributed by atoms with E-state index in [9.17, 15) is 8.42 Å². The van der Waals surface area contributed by atoms with Crippen LogP contribution in [0.4, 0.5) is 0 Å². The molecule has 1 N–H and O–H groups in total. The maximum absolute atomic E-state index is 11.9. The maximum Gasteiger partial charge on any atom is 0.214 e. The van der Waals surface area contributed by atoms with Crippen LogP contribution in [0.15, 0.2) is 4.52 Å². The molecule has 1 atom stereocenters. The van der Waals surface area contributed by atoms with Crippen LogP contribution in [0.1, 0.15) is 49.1 Å². The molecule has 1 aromatic heterocycles. The lowest BCUT2D eigenvalue weighted by atomic mass is 9.80. The van der Waals surface area contributed by atoms with Crippen molar-refractivity contribution in [3.8, 4) is 0 Å². The average molecular weight is 369 g/mol. The SMILES string of the molecule is Cc1noc(C)c1CN1CCC2(CC1)CC(CNS(=O)(=O)C1CC1)O2. The number of piperidine rings is 1. The fourth-order valence-corrected chi connectivity index (χ4v) is 5.38. The molecule has 1 spiro atoms. The van der Waals surface area contributed by atoms with E-state index in [0.717, 1.165) is 63.2 Å². The molecular formula is C17H27N3O4S. The van der Waals surface area contributed by atoms with E-state index in [1.807, 2.05) is 13.8 Å². The highest BCUT2D eigenvalue weighted by Crippen LogP contribution is 2.41. The molecule has 140 valence electrons. The molecule has 1 aliphatic carbocycles. The molecule has 2 aliphatic heterocycles. The zero-order chi connectivity index (χ0) is 17.7.